The zero-order chi connectivity index (χ0) is 13.7. The fourth-order valence-corrected chi connectivity index (χ4v) is 2.95. The number of aromatic nitrogens is 2. The molecule has 1 atom stereocenters. The molecular formula is C13H25BrN4. The first kappa shape index (κ1) is 15.7. The molecule has 0 radical (unpaired) electrons. The number of nitrogens with zero attached hydrogens (tertiary/aromatic N) is 2. The van der Waals surface area contributed by atoms with Gasteiger partial charge in [0.1, 0.15) is 0 Å². The lowest BCUT2D eigenvalue weighted by atomic mass is 10.00. The molecule has 4 nitrogen and oxygen atoms in total. The van der Waals surface area contributed by atoms with Crippen LogP contribution in [0.1, 0.15) is 45.5 Å². The molecule has 104 valence electrons. The molecule has 1 aromatic rings. The van der Waals surface area contributed by atoms with Crippen molar-refractivity contribution < 1.29 is 0 Å². The molecule has 0 saturated carbocycles. The van der Waals surface area contributed by atoms with E-state index in [1.807, 2.05) is 0 Å². The minimum Gasteiger partial charge on any atom is -0.271 e. The second-order valence-electron chi connectivity index (χ2n) is 5.07. The third kappa shape index (κ3) is 3.80. The molecule has 18 heavy (non-hydrogen) atoms. The lowest BCUT2D eigenvalue weighted by molar-refractivity contribution is 0.412. The number of hydrogen-bond donors (Lipinski definition) is 2. The molecule has 1 heterocycles. The van der Waals surface area contributed by atoms with Gasteiger partial charge in [-0.3, -0.25) is 16.0 Å². The van der Waals surface area contributed by atoms with E-state index in [0.29, 0.717) is 12.0 Å². The predicted molar refractivity (Wildman–Crippen MR) is 79.2 cm³/mol. The summed E-state index contributed by atoms with van der Waals surface area (Å²) in [5.41, 5.74) is 5.31. The monoisotopic (exact) mass is 316 g/mol. The van der Waals surface area contributed by atoms with Gasteiger partial charge in [0.2, 0.25) is 0 Å². The summed E-state index contributed by atoms with van der Waals surface area (Å²) in [5, 5.41) is 4.61. The fourth-order valence-electron chi connectivity index (χ4n) is 2.23. The van der Waals surface area contributed by atoms with E-state index in [4.69, 9.17) is 5.84 Å². The molecule has 0 amide bonds. The maximum absolute atomic E-state index is 5.65. The first-order valence-corrected chi connectivity index (χ1v) is 7.52. The molecule has 5 heteroatoms. The highest BCUT2D eigenvalue weighted by Gasteiger charge is 2.18. The van der Waals surface area contributed by atoms with Gasteiger partial charge in [0.25, 0.3) is 0 Å². The number of nitrogens with two attached hydrogens (primary N) is 1. The van der Waals surface area contributed by atoms with E-state index < -0.39 is 0 Å². The average Bonchev–Trinajstić information content (AvgIpc) is 2.64. The van der Waals surface area contributed by atoms with Crippen molar-refractivity contribution in [3.63, 3.8) is 0 Å². The number of nitrogens with one attached hydrogen (secondary N) is 1. The second-order valence-corrected chi connectivity index (χ2v) is 5.87. The Morgan fingerprint density at radius 3 is 2.50 bits per heavy atom. The van der Waals surface area contributed by atoms with Gasteiger partial charge in [-0.2, -0.15) is 5.10 Å². The predicted octanol–water partition coefficient (Wildman–Crippen LogP) is 2.65. The van der Waals surface area contributed by atoms with Gasteiger partial charge in [-0.05, 0) is 41.6 Å². The molecule has 0 bridgehead atoms. The number of rotatable bonds is 7. The second kappa shape index (κ2) is 7.26. The fraction of sp³-hybridized carbons (Fsp3) is 0.769. The SMILES string of the molecule is CCc1nn(CC)c(CC(CC(C)C)NN)c1Br. The van der Waals surface area contributed by atoms with Crippen LogP contribution < -0.4 is 11.3 Å². The van der Waals surface area contributed by atoms with E-state index in [1.54, 1.807) is 0 Å². The molecule has 0 spiro atoms. The van der Waals surface area contributed by atoms with Gasteiger partial charge in [-0.15, -0.1) is 0 Å². The van der Waals surface area contributed by atoms with Crippen LogP contribution in [0.3, 0.4) is 0 Å². The minimum atomic E-state index is 0.299. The Bertz CT molecular complexity index is 373. The lowest BCUT2D eigenvalue weighted by Crippen LogP contribution is -2.38. The molecule has 0 aliphatic rings. The Morgan fingerprint density at radius 2 is 2.06 bits per heavy atom. The summed E-state index contributed by atoms with van der Waals surface area (Å²) in [7, 11) is 0. The summed E-state index contributed by atoms with van der Waals surface area (Å²) in [6.45, 7) is 9.58. The van der Waals surface area contributed by atoms with Crippen molar-refractivity contribution in [2.24, 2.45) is 11.8 Å². The van der Waals surface area contributed by atoms with Crippen molar-refractivity contribution in [3.8, 4) is 0 Å². The lowest BCUT2D eigenvalue weighted by Gasteiger charge is -2.18. The van der Waals surface area contributed by atoms with Crippen LogP contribution >= 0.6 is 15.9 Å². The zero-order valence-electron chi connectivity index (χ0n) is 11.8. The van der Waals surface area contributed by atoms with Crippen LogP contribution in [0.2, 0.25) is 0 Å². The van der Waals surface area contributed by atoms with Crippen molar-refractivity contribution >= 4 is 15.9 Å². The first-order valence-electron chi connectivity index (χ1n) is 6.73. The molecule has 0 saturated heterocycles. The Kier molecular flexibility index (Phi) is 6.32. The largest absolute Gasteiger partial charge is 0.271 e. The van der Waals surface area contributed by atoms with Gasteiger partial charge < -0.3 is 0 Å². The Morgan fingerprint density at radius 1 is 1.39 bits per heavy atom. The standard InChI is InChI=1S/C13H25BrN4/c1-5-11-13(14)12(18(6-2)17-11)8-10(16-15)7-9(3)4/h9-10,16H,5-8,15H2,1-4H3. The van der Waals surface area contributed by atoms with Crippen molar-refractivity contribution in [1.29, 1.82) is 0 Å². The van der Waals surface area contributed by atoms with Gasteiger partial charge >= 0.3 is 0 Å². The summed E-state index contributed by atoms with van der Waals surface area (Å²) in [6.07, 6.45) is 2.93. The van der Waals surface area contributed by atoms with E-state index in [-0.39, 0.29) is 0 Å². The Hall–Kier alpha value is -0.390. The number of hydrazine groups is 1. The molecular weight excluding hydrogens is 292 g/mol. The topological polar surface area (TPSA) is 55.9 Å². The minimum absolute atomic E-state index is 0.299. The summed E-state index contributed by atoms with van der Waals surface area (Å²) < 4.78 is 3.23. The van der Waals surface area contributed by atoms with Crippen LogP contribution in [-0.2, 0) is 19.4 Å². The number of halogens is 1. The van der Waals surface area contributed by atoms with Gasteiger partial charge in [-0.25, -0.2) is 0 Å². The molecule has 0 fully saturated rings. The highest BCUT2D eigenvalue weighted by Crippen LogP contribution is 2.24. The third-order valence-corrected chi connectivity index (χ3v) is 4.04. The van der Waals surface area contributed by atoms with Crippen LogP contribution in [0.5, 0.6) is 0 Å². The van der Waals surface area contributed by atoms with Crippen LogP contribution in [0, 0.1) is 5.92 Å². The highest BCUT2D eigenvalue weighted by molar-refractivity contribution is 9.10. The molecule has 1 rings (SSSR count). The van der Waals surface area contributed by atoms with E-state index in [2.05, 4.69) is 58.8 Å². The number of hydrogen-bond acceptors (Lipinski definition) is 3. The highest BCUT2D eigenvalue weighted by atomic mass is 79.9. The Balaban J connectivity index is 2.90. The molecule has 0 aliphatic heterocycles. The maximum atomic E-state index is 5.65. The molecule has 0 aromatic carbocycles. The van der Waals surface area contributed by atoms with Crippen LogP contribution in [0.4, 0.5) is 0 Å². The van der Waals surface area contributed by atoms with E-state index in [0.717, 1.165) is 36.0 Å². The van der Waals surface area contributed by atoms with Crippen molar-refractivity contribution in [1.82, 2.24) is 15.2 Å². The van der Waals surface area contributed by atoms with Crippen LogP contribution in [-0.4, -0.2) is 15.8 Å². The smallest absolute Gasteiger partial charge is 0.0766 e. The summed E-state index contributed by atoms with van der Waals surface area (Å²) in [5.74, 6) is 6.29. The van der Waals surface area contributed by atoms with Crippen LogP contribution in [0.15, 0.2) is 4.47 Å². The van der Waals surface area contributed by atoms with E-state index in [1.165, 1.54) is 5.69 Å². The number of aryl methyl sites for hydroxylation is 2. The summed E-state index contributed by atoms with van der Waals surface area (Å²) in [4.78, 5) is 0. The first-order chi connectivity index (χ1) is 8.53. The van der Waals surface area contributed by atoms with Gasteiger partial charge in [-0.1, -0.05) is 20.8 Å². The van der Waals surface area contributed by atoms with Crippen molar-refractivity contribution in [3.05, 3.63) is 15.9 Å². The summed E-state index contributed by atoms with van der Waals surface area (Å²) >= 11 is 3.68. The quantitative estimate of drug-likeness (QED) is 0.600. The van der Waals surface area contributed by atoms with Gasteiger partial charge in [0, 0.05) is 19.0 Å². The third-order valence-electron chi connectivity index (χ3n) is 3.13. The van der Waals surface area contributed by atoms with Crippen LogP contribution in [0.25, 0.3) is 0 Å². The summed E-state index contributed by atoms with van der Waals surface area (Å²) in [6, 6.07) is 0.299. The zero-order valence-corrected chi connectivity index (χ0v) is 13.4. The molecule has 3 N–H and O–H groups in total. The van der Waals surface area contributed by atoms with Crippen molar-refractivity contribution in [2.75, 3.05) is 0 Å². The molecule has 1 unspecified atom stereocenters. The average molecular weight is 317 g/mol. The van der Waals surface area contributed by atoms with Gasteiger partial charge in [0.05, 0.1) is 15.9 Å². The van der Waals surface area contributed by atoms with Gasteiger partial charge in [0.15, 0.2) is 0 Å². The Labute approximate surface area is 118 Å². The molecule has 0 aliphatic carbocycles. The van der Waals surface area contributed by atoms with E-state index >= 15 is 0 Å². The maximum Gasteiger partial charge on any atom is 0.0766 e. The van der Waals surface area contributed by atoms with Crippen molar-refractivity contribution in [2.45, 2.75) is 59.5 Å². The van der Waals surface area contributed by atoms with E-state index in [9.17, 15) is 0 Å². The normalized spacial score (nSPS) is 13.3. The molecule has 1 aromatic heterocycles.